The Morgan fingerprint density at radius 1 is 1.31 bits per heavy atom. The molecule has 0 atom stereocenters. The zero-order valence-electron chi connectivity index (χ0n) is 6.80. The molecule has 13 heavy (non-hydrogen) atoms. The Morgan fingerprint density at radius 3 is 2.23 bits per heavy atom. The second kappa shape index (κ2) is 4.68. The molecule has 0 saturated heterocycles. The van der Waals surface area contributed by atoms with Crippen molar-refractivity contribution in [2.24, 2.45) is 0 Å². The van der Waals surface area contributed by atoms with Gasteiger partial charge in [-0.3, -0.25) is 4.55 Å². The minimum absolute atomic E-state index is 0. The van der Waals surface area contributed by atoms with Crippen molar-refractivity contribution < 1.29 is 47.6 Å². The molecule has 0 aromatic heterocycles. The monoisotopic (exact) mass is 229 g/mol. The third-order valence-corrected chi connectivity index (χ3v) is 2.47. The van der Waals surface area contributed by atoms with Gasteiger partial charge in [0, 0.05) is 11.0 Å². The minimum atomic E-state index is -4.24. The zero-order valence-corrected chi connectivity index (χ0v) is 10.5. The van der Waals surface area contributed by atoms with Gasteiger partial charge in [0.05, 0.1) is 4.90 Å². The van der Waals surface area contributed by atoms with Crippen molar-refractivity contribution in [1.82, 2.24) is 0 Å². The van der Waals surface area contributed by atoms with Gasteiger partial charge in [0.15, 0.2) is 0 Å². The summed E-state index contributed by atoms with van der Waals surface area (Å²) in [5.41, 5.74) is 0. The first-order valence-electron chi connectivity index (χ1n) is 2.91. The topological polar surface area (TPSA) is 74.6 Å². The fourth-order valence-electron chi connectivity index (χ4n) is 0.664. The summed E-state index contributed by atoms with van der Waals surface area (Å²) in [5, 5.41) is 9.01. The van der Waals surface area contributed by atoms with Crippen molar-refractivity contribution in [3.8, 4) is 5.75 Å². The summed E-state index contributed by atoms with van der Waals surface area (Å²) in [5.74, 6) is -0.284. The van der Waals surface area contributed by atoms with Crippen molar-refractivity contribution in [3.05, 3.63) is 18.2 Å². The zero-order chi connectivity index (χ0) is 9.35. The summed E-state index contributed by atoms with van der Waals surface area (Å²) in [7, 11) is -4.24. The Balaban J connectivity index is 0.00000144. The number of rotatable bonds is 1. The summed E-state index contributed by atoms with van der Waals surface area (Å²) in [4.78, 5) is -0.0970. The quantitative estimate of drug-likeness (QED) is 0.294. The van der Waals surface area contributed by atoms with E-state index in [2.05, 4.69) is 12.6 Å². The van der Waals surface area contributed by atoms with Crippen LogP contribution in [0.3, 0.4) is 0 Å². The third-order valence-electron chi connectivity index (χ3n) is 1.24. The molecule has 0 unspecified atom stereocenters. The van der Waals surface area contributed by atoms with Gasteiger partial charge in [-0.1, -0.05) is 0 Å². The van der Waals surface area contributed by atoms with Crippen LogP contribution in [0.1, 0.15) is 0 Å². The van der Waals surface area contributed by atoms with Crippen molar-refractivity contribution in [2.75, 3.05) is 0 Å². The number of benzene rings is 1. The van der Waals surface area contributed by atoms with E-state index in [1.165, 1.54) is 6.07 Å². The Bertz CT molecular complexity index is 401. The molecule has 0 aliphatic carbocycles. The van der Waals surface area contributed by atoms with Gasteiger partial charge in [0.25, 0.3) is 10.1 Å². The fourth-order valence-corrected chi connectivity index (χ4v) is 1.30. The maximum absolute atomic E-state index is 10.5. The first kappa shape index (κ1) is 13.3. The van der Waals surface area contributed by atoms with E-state index in [-0.39, 0.29) is 45.1 Å². The molecule has 4 nitrogen and oxygen atoms in total. The molecular formula is C6H6NaO4S2+. The van der Waals surface area contributed by atoms with E-state index in [0.29, 0.717) is 0 Å². The van der Waals surface area contributed by atoms with Crippen LogP contribution >= 0.6 is 12.6 Å². The Labute approximate surface area is 103 Å². The van der Waals surface area contributed by atoms with Crippen LogP contribution in [-0.4, -0.2) is 18.1 Å². The molecule has 1 aromatic rings. The predicted octanol–water partition coefficient (Wildman–Crippen LogP) is -2.07. The van der Waals surface area contributed by atoms with Gasteiger partial charge in [0.2, 0.25) is 0 Å². The summed E-state index contributed by atoms with van der Waals surface area (Å²) in [6.07, 6.45) is 0. The van der Waals surface area contributed by atoms with Crippen LogP contribution in [-0.2, 0) is 10.1 Å². The van der Waals surface area contributed by atoms with Crippen molar-refractivity contribution in [2.45, 2.75) is 9.79 Å². The normalized spacial score (nSPS) is 10.6. The molecule has 0 aliphatic rings. The van der Waals surface area contributed by atoms with Crippen LogP contribution in [0.15, 0.2) is 28.0 Å². The molecular weight excluding hydrogens is 223 g/mol. The summed E-state index contributed by atoms with van der Waals surface area (Å²) < 4.78 is 29.6. The van der Waals surface area contributed by atoms with E-state index in [4.69, 9.17) is 9.66 Å². The largest absolute Gasteiger partial charge is 1.00 e. The number of aromatic hydroxyl groups is 1. The first-order chi connectivity index (χ1) is 5.41. The van der Waals surface area contributed by atoms with Crippen LogP contribution in [0.5, 0.6) is 5.75 Å². The van der Waals surface area contributed by atoms with Gasteiger partial charge in [-0.2, -0.15) is 8.42 Å². The average Bonchev–Trinajstić information content (AvgIpc) is 1.92. The van der Waals surface area contributed by atoms with E-state index < -0.39 is 10.1 Å². The van der Waals surface area contributed by atoms with Crippen molar-refractivity contribution in [1.29, 1.82) is 0 Å². The molecule has 1 aromatic carbocycles. The summed E-state index contributed by atoms with van der Waals surface area (Å²) in [6, 6.07) is 3.36. The van der Waals surface area contributed by atoms with Gasteiger partial charge < -0.3 is 5.11 Å². The molecule has 0 saturated carbocycles. The van der Waals surface area contributed by atoms with Crippen LogP contribution in [0.25, 0.3) is 0 Å². The molecule has 2 N–H and O–H groups in total. The molecule has 0 aliphatic heterocycles. The average molecular weight is 229 g/mol. The van der Waals surface area contributed by atoms with E-state index in [0.717, 1.165) is 12.1 Å². The van der Waals surface area contributed by atoms with E-state index in [1.54, 1.807) is 0 Å². The molecule has 0 heterocycles. The number of thiol groups is 1. The van der Waals surface area contributed by atoms with Gasteiger partial charge >= 0.3 is 29.6 Å². The van der Waals surface area contributed by atoms with E-state index in [1.807, 2.05) is 0 Å². The van der Waals surface area contributed by atoms with Gasteiger partial charge in [-0.25, -0.2) is 0 Å². The molecule has 1 rings (SSSR count). The molecule has 66 valence electrons. The van der Waals surface area contributed by atoms with Gasteiger partial charge in [-0.05, 0) is 12.1 Å². The van der Waals surface area contributed by atoms with Crippen molar-refractivity contribution in [3.63, 3.8) is 0 Å². The Kier molecular flexibility index (Phi) is 4.78. The number of hydrogen-bond acceptors (Lipinski definition) is 4. The summed E-state index contributed by atoms with van der Waals surface area (Å²) in [6.45, 7) is 0. The predicted molar refractivity (Wildman–Crippen MR) is 45.2 cm³/mol. The molecule has 0 fully saturated rings. The summed E-state index contributed by atoms with van der Waals surface area (Å²) >= 11 is 3.81. The Hall–Kier alpha value is 0.280. The number of hydrogen-bond donors (Lipinski definition) is 3. The number of phenols is 1. The molecule has 0 bridgehead atoms. The second-order valence-electron chi connectivity index (χ2n) is 2.13. The maximum atomic E-state index is 10.5. The Morgan fingerprint density at radius 2 is 1.85 bits per heavy atom. The van der Waals surface area contributed by atoms with Crippen molar-refractivity contribution >= 4 is 22.7 Å². The smallest absolute Gasteiger partial charge is 0.507 e. The van der Waals surface area contributed by atoms with Crippen LogP contribution in [0.4, 0.5) is 0 Å². The van der Waals surface area contributed by atoms with Gasteiger partial charge in [-0.15, -0.1) is 12.6 Å². The van der Waals surface area contributed by atoms with E-state index in [9.17, 15) is 8.42 Å². The van der Waals surface area contributed by atoms with E-state index >= 15 is 0 Å². The maximum Gasteiger partial charge on any atom is 1.00 e. The SMILES string of the molecule is O=S(=O)(O)c1ccc(S)c(O)c1.[Na+]. The molecule has 0 radical (unpaired) electrons. The van der Waals surface area contributed by atoms with Crippen LogP contribution in [0, 0.1) is 0 Å². The van der Waals surface area contributed by atoms with Crippen LogP contribution < -0.4 is 29.6 Å². The third kappa shape index (κ3) is 3.49. The van der Waals surface area contributed by atoms with Gasteiger partial charge in [0.1, 0.15) is 5.75 Å². The molecule has 0 amide bonds. The molecule has 0 spiro atoms. The molecule has 7 heteroatoms. The minimum Gasteiger partial charge on any atom is -0.507 e. The van der Waals surface area contributed by atoms with Crippen LogP contribution in [0.2, 0.25) is 0 Å². The first-order valence-corrected chi connectivity index (χ1v) is 4.79. The standard InChI is InChI=1S/C6H6O4S2.Na/c7-5-3-4(12(8,9)10)1-2-6(5)11;/h1-3,7,11H,(H,8,9,10);/q;+1. The second-order valence-corrected chi connectivity index (χ2v) is 4.03. The number of phenolic OH excluding ortho intramolecular Hbond substituents is 1. The fraction of sp³-hybridized carbons (Fsp3) is 0.